The van der Waals surface area contributed by atoms with Crippen molar-refractivity contribution in [1.29, 1.82) is 0 Å². The molecule has 4 aliphatic carbocycles. The van der Waals surface area contributed by atoms with Gasteiger partial charge in [-0.25, -0.2) is 0 Å². The van der Waals surface area contributed by atoms with Gasteiger partial charge in [0.05, 0.1) is 6.10 Å². The zero-order valence-electron chi connectivity index (χ0n) is 13.6. The second kappa shape index (κ2) is 4.57. The van der Waals surface area contributed by atoms with E-state index >= 15 is 0 Å². The summed E-state index contributed by atoms with van der Waals surface area (Å²) in [6.45, 7) is 4.90. The molecule has 2 unspecified atom stereocenters. The van der Waals surface area contributed by atoms with Crippen molar-refractivity contribution in [2.75, 3.05) is 0 Å². The largest absolute Gasteiger partial charge is 0.393 e. The van der Waals surface area contributed by atoms with Gasteiger partial charge in [0.2, 0.25) is 0 Å². The first-order valence-electron chi connectivity index (χ1n) is 9.12. The van der Waals surface area contributed by atoms with Crippen molar-refractivity contribution in [2.24, 2.45) is 34.5 Å². The Morgan fingerprint density at radius 3 is 2.67 bits per heavy atom. The van der Waals surface area contributed by atoms with E-state index in [-0.39, 0.29) is 6.10 Å². The molecule has 4 saturated carbocycles. The van der Waals surface area contributed by atoms with Crippen LogP contribution in [0.25, 0.3) is 0 Å². The predicted octanol–water partition coefficient (Wildman–Crippen LogP) is 3.96. The zero-order chi connectivity index (χ0) is 14.8. The Kier molecular flexibility index (Phi) is 3.10. The van der Waals surface area contributed by atoms with Crippen LogP contribution in [0, 0.1) is 34.5 Å². The predicted molar refractivity (Wildman–Crippen MR) is 82.7 cm³/mol. The lowest BCUT2D eigenvalue weighted by molar-refractivity contribution is -0.121. The number of ketones is 1. The highest BCUT2D eigenvalue weighted by Crippen LogP contribution is 2.65. The highest BCUT2D eigenvalue weighted by molar-refractivity contribution is 5.82. The maximum Gasteiger partial charge on any atom is 0.133 e. The first kappa shape index (κ1) is 14.2. The zero-order valence-corrected chi connectivity index (χ0v) is 13.6. The van der Waals surface area contributed by atoms with Crippen LogP contribution in [0.4, 0.5) is 0 Å². The Morgan fingerprint density at radius 2 is 1.86 bits per heavy atom. The molecule has 1 N–H and O–H groups in total. The standard InChI is InChI=1S/C19H30O2/c1-18-7-6-16-15(17(18)10-14(21)11-18)4-3-12-9-13(20)5-8-19(12,16)2/h12-13,15-17,20H,3-11H2,1-2H3/t12-,13?,15-,16+,17?,18-,19+/m0/s1. The van der Waals surface area contributed by atoms with Gasteiger partial charge in [-0.05, 0) is 79.4 Å². The number of hydrogen-bond acceptors (Lipinski definition) is 2. The summed E-state index contributed by atoms with van der Waals surface area (Å²) in [5.41, 5.74) is 0.755. The minimum atomic E-state index is -0.0541. The van der Waals surface area contributed by atoms with Crippen molar-refractivity contribution in [1.82, 2.24) is 0 Å². The van der Waals surface area contributed by atoms with Gasteiger partial charge in [0, 0.05) is 12.8 Å². The molecular weight excluding hydrogens is 260 g/mol. The smallest absolute Gasteiger partial charge is 0.133 e. The highest BCUT2D eigenvalue weighted by atomic mass is 16.3. The molecule has 0 spiro atoms. The van der Waals surface area contributed by atoms with Crippen LogP contribution in [0.5, 0.6) is 0 Å². The molecule has 0 amide bonds. The van der Waals surface area contributed by atoms with E-state index in [1.54, 1.807) is 0 Å². The lowest BCUT2D eigenvalue weighted by atomic mass is 9.45. The molecule has 0 saturated heterocycles. The van der Waals surface area contributed by atoms with Crippen LogP contribution < -0.4 is 0 Å². The molecule has 7 atom stereocenters. The minimum Gasteiger partial charge on any atom is -0.393 e. The molecular formula is C19H30O2. The van der Waals surface area contributed by atoms with Crippen LogP contribution in [0.2, 0.25) is 0 Å². The summed E-state index contributed by atoms with van der Waals surface area (Å²) in [4.78, 5) is 12.1. The Balaban J connectivity index is 1.63. The molecule has 0 radical (unpaired) electrons. The fraction of sp³-hybridized carbons (Fsp3) is 0.947. The first-order valence-corrected chi connectivity index (χ1v) is 9.12. The number of aliphatic hydroxyl groups is 1. The molecule has 0 heterocycles. The molecule has 2 heteroatoms. The van der Waals surface area contributed by atoms with Gasteiger partial charge in [-0.15, -0.1) is 0 Å². The van der Waals surface area contributed by atoms with Gasteiger partial charge in [0.15, 0.2) is 0 Å². The van der Waals surface area contributed by atoms with Gasteiger partial charge in [-0.1, -0.05) is 13.8 Å². The molecule has 4 aliphatic rings. The molecule has 2 nitrogen and oxygen atoms in total. The molecule has 4 fully saturated rings. The molecule has 0 aromatic rings. The SMILES string of the molecule is C[C@@]12CC[C@@H]3[C@H](CC[C@H]4CC(O)CC[C@]43C)C1CC(=O)C2. The summed E-state index contributed by atoms with van der Waals surface area (Å²) in [5, 5.41) is 10.0. The fourth-order valence-electron chi connectivity index (χ4n) is 7.01. The van der Waals surface area contributed by atoms with Crippen LogP contribution >= 0.6 is 0 Å². The van der Waals surface area contributed by atoms with E-state index in [4.69, 9.17) is 0 Å². The molecule has 0 aliphatic heterocycles. The van der Waals surface area contributed by atoms with Crippen molar-refractivity contribution in [3.05, 3.63) is 0 Å². The number of hydrogen-bond donors (Lipinski definition) is 1. The summed E-state index contributed by atoms with van der Waals surface area (Å²) in [5.74, 6) is 3.51. The number of carbonyl (C=O) groups excluding carboxylic acids is 1. The maximum absolute atomic E-state index is 12.1. The first-order chi connectivity index (χ1) is 9.92. The van der Waals surface area contributed by atoms with Gasteiger partial charge < -0.3 is 5.11 Å². The Bertz CT molecular complexity index is 458. The number of aliphatic hydroxyl groups excluding tert-OH is 1. The van der Waals surface area contributed by atoms with Crippen LogP contribution in [0.1, 0.15) is 71.6 Å². The quantitative estimate of drug-likeness (QED) is 0.733. The van der Waals surface area contributed by atoms with E-state index in [2.05, 4.69) is 13.8 Å². The van der Waals surface area contributed by atoms with Gasteiger partial charge in [0.1, 0.15) is 5.78 Å². The second-order valence-electron chi connectivity index (χ2n) is 9.20. The summed E-state index contributed by atoms with van der Waals surface area (Å²) in [6, 6.07) is 0. The van der Waals surface area contributed by atoms with E-state index in [9.17, 15) is 9.90 Å². The number of rotatable bonds is 0. The Hall–Kier alpha value is -0.370. The number of fused-ring (bicyclic) bond motifs is 5. The normalized spacial score (nSPS) is 56.5. The van der Waals surface area contributed by atoms with Gasteiger partial charge in [0.25, 0.3) is 0 Å². The van der Waals surface area contributed by atoms with E-state index in [0.717, 1.165) is 43.4 Å². The van der Waals surface area contributed by atoms with E-state index < -0.39 is 0 Å². The van der Waals surface area contributed by atoms with Crippen molar-refractivity contribution in [3.63, 3.8) is 0 Å². The minimum absolute atomic E-state index is 0.0541. The molecule has 0 bridgehead atoms. The Labute approximate surface area is 128 Å². The van der Waals surface area contributed by atoms with Gasteiger partial charge >= 0.3 is 0 Å². The highest BCUT2D eigenvalue weighted by Gasteiger charge is 2.59. The summed E-state index contributed by atoms with van der Waals surface area (Å²) >= 11 is 0. The van der Waals surface area contributed by atoms with Crippen LogP contribution in [-0.4, -0.2) is 17.0 Å². The topological polar surface area (TPSA) is 37.3 Å². The van der Waals surface area contributed by atoms with E-state index in [1.807, 2.05) is 0 Å². The van der Waals surface area contributed by atoms with E-state index in [0.29, 0.717) is 22.5 Å². The average molecular weight is 290 g/mol. The molecule has 4 rings (SSSR count). The maximum atomic E-state index is 12.1. The third-order valence-corrected chi connectivity index (χ3v) is 8.20. The molecule has 118 valence electrons. The summed E-state index contributed by atoms with van der Waals surface area (Å²) in [6.07, 6.45) is 10.1. The molecule has 0 aromatic carbocycles. The van der Waals surface area contributed by atoms with Crippen LogP contribution in [-0.2, 0) is 4.79 Å². The van der Waals surface area contributed by atoms with Crippen molar-refractivity contribution < 1.29 is 9.90 Å². The fourth-order valence-corrected chi connectivity index (χ4v) is 7.01. The van der Waals surface area contributed by atoms with Crippen LogP contribution in [0.3, 0.4) is 0 Å². The van der Waals surface area contributed by atoms with Gasteiger partial charge in [-0.2, -0.15) is 0 Å². The third-order valence-electron chi connectivity index (χ3n) is 8.20. The average Bonchev–Trinajstić information content (AvgIpc) is 2.74. The second-order valence-corrected chi connectivity index (χ2v) is 9.20. The lowest BCUT2D eigenvalue weighted by Crippen LogP contribution is -2.53. The van der Waals surface area contributed by atoms with Crippen molar-refractivity contribution in [2.45, 2.75) is 77.7 Å². The van der Waals surface area contributed by atoms with Crippen LogP contribution in [0.15, 0.2) is 0 Å². The third kappa shape index (κ3) is 1.97. The Morgan fingerprint density at radius 1 is 1.05 bits per heavy atom. The lowest BCUT2D eigenvalue weighted by Gasteiger charge is -2.60. The number of carbonyl (C=O) groups is 1. The van der Waals surface area contributed by atoms with Gasteiger partial charge in [-0.3, -0.25) is 4.79 Å². The van der Waals surface area contributed by atoms with E-state index in [1.165, 1.54) is 32.1 Å². The number of Topliss-reactive ketones (excluding diaryl/α,β-unsaturated/α-hetero) is 1. The van der Waals surface area contributed by atoms with Crippen molar-refractivity contribution >= 4 is 5.78 Å². The molecule has 0 aromatic heterocycles. The van der Waals surface area contributed by atoms with Crippen molar-refractivity contribution in [3.8, 4) is 0 Å². The molecule has 21 heavy (non-hydrogen) atoms. The summed E-state index contributed by atoms with van der Waals surface area (Å²) < 4.78 is 0. The monoisotopic (exact) mass is 290 g/mol. The summed E-state index contributed by atoms with van der Waals surface area (Å²) in [7, 11) is 0.